The number of nitrogens with zero attached hydrogens (tertiary/aromatic N) is 2. The Morgan fingerprint density at radius 1 is 0.354 bits per heavy atom. The van der Waals surface area contributed by atoms with Crippen molar-refractivity contribution in [1.82, 2.24) is 9.97 Å². The molecule has 8 aromatic carbocycles. The Hall–Kier alpha value is -8.10. The van der Waals surface area contributed by atoms with E-state index >= 15 is 0 Å². The van der Waals surface area contributed by atoms with E-state index in [1.165, 1.54) is 40.9 Å². The van der Waals surface area contributed by atoms with Gasteiger partial charge in [0.2, 0.25) is 0 Å². The number of benzene rings is 8. The number of hydrogen-bond donors (Lipinski definition) is 0. The molecular formula is C58H34N2O3SSi. The van der Waals surface area contributed by atoms with Crippen LogP contribution in [0.2, 0.25) is 0 Å². The summed E-state index contributed by atoms with van der Waals surface area (Å²) in [4.78, 5) is 9.80. The smallest absolute Gasteiger partial charge is 0.185 e. The van der Waals surface area contributed by atoms with E-state index in [0.717, 1.165) is 88.3 Å². The van der Waals surface area contributed by atoms with Crippen LogP contribution in [-0.2, 0) is 0 Å². The van der Waals surface area contributed by atoms with Gasteiger partial charge < -0.3 is 13.3 Å². The number of furan rings is 3. The molecule has 0 aliphatic heterocycles. The molecule has 0 aliphatic carbocycles. The third kappa shape index (κ3) is 5.25. The van der Waals surface area contributed by atoms with Crippen molar-refractivity contribution in [3.05, 3.63) is 207 Å². The fourth-order valence-corrected chi connectivity index (χ4v) is 17.2. The number of fused-ring (bicyclic) bond motifs is 12. The van der Waals surface area contributed by atoms with Crippen LogP contribution in [-0.4, -0.2) is 18.0 Å². The Bertz CT molecular complexity index is 3930. The van der Waals surface area contributed by atoms with Gasteiger partial charge in [-0.3, -0.25) is 9.97 Å². The highest BCUT2D eigenvalue weighted by Crippen LogP contribution is 2.41. The van der Waals surface area contributed by atoms with Crippen molar-refractivity contribution in [3.63, 3.8) is 0 Å². The lowest BCUT2D eigenvalue weighted by Gasteiger charge is -2.34. The number of aromatic nitrogens is 2. The highest BCUT2D eigenvalue weighted by atomic mass is 32.1. The van der Waals surface area contributed by atoms with E-state index in [4.69, 9.17) is 23.2 Å². The van der Waals surface area contributed by atoms with Crippen LogP contribution in [0.25, 0.3) is 109 Å². The number of rotatable bonds is 6. The van der Waals surface area contributed by atoms with Crippen molar-refractivity contribution in [1.29, 1.82) is 0 Å². The molecule has 0 atom stereocenters. The predicted molar refractivity (Wildman–Crippen MR) is 271 cm³/mol. The zero-order valence-corrected chi connectivity index (χ0v) is 36.5. The quantitative estimate of drug-likeness (QED) is 0.123. The highest BCUT2D eigenvalue weighted by molar-refractivity contribution is 7.31. The number of hydrogen-bond acceptors (Lipinski definition) is 6. The van der Waals surface area contributed by atoms with Gasteiger partial charge in [-0.25, -0.2) is 0 Å². The Morgan fingerprint density at radius 2 is 0.846 bits per heavy atom. The van der Waals surface area contributed by atoms with E-state index in [-0.39, 0.29) is 0 Å². The molecule has 65 heavy (non-hydrogen) atoms. The molecule has 14 aromatic rings. The SMILES string of the molecule is c1ccc([Si](c2ccccc2)(c2cccc3c2oc2ccc(-c4nccc5c4oc4ccccc45)cc23)c2cccc3c2sc2ccc(-c4nccc5c4oc4ccccc45)cc23)cc1. The second-order valence-corrected chi connectivity index (χ2v) is 21.5. The summed E-state index contributed by atoms with van der Waals surface area (Å²) in [6.45, 7) is 0. The predicted octanol–water partition coefficient (Wildman–Crippen LogP) is 13.3. The molecule has 0 bridgehead atoms. The van der Waals surface area contributed by atoms with E-state index < -0.39 is 8.07 Å². The summed E-state index contributed by atoms with van der Waals surface area (Å²) >= 11 is 1.87. The fourth-order valence-electron chi connectivity index (χ4n) is 10.5. The summed E-state index contributed by atoms with van der Waals surface area (Å²) in [6.07, 6.45) is 3.77. The van der Waals surface area contributed by atoms with Crippen LogP contribution in [0, 0.1) is 0 Å². The van der Waals surface area contributed by atoms with Gasteiger partial charge in [0, 0.05) is 76.0 Å². The number of para-hydroxylation sites is 3. The molecular weight excluding hydrogens is 833 g/mol. The van der Waals surface area contributed by atoms with Crippen molar-refractivity contribution in [3.8, 4) is 22.5 Å². The maximum Gasteiger partial charge on any atom is 0.185 e. The minimum atomic E-state index is -3.16. The summed E-state index contributed by atoms with van der Waals surface area (Å²) in [5, 5.41) is 13.9. The minimum absolute atomic E-state index is 0.785. The molecule has 5 nitrogen and oxygen atoms in total. The van der Waals surface area contributed by atoms with Gasteiger partial charge in [0.15, 0.2) is 19.2 Å². The van der Waals surface area contributed by atoms with Crippen LogP contribution in [0.4, 0.5) is 0 Å². The van der Waals surface area contributed by atoms with Crippen LogP contribution in [0.5, 0.6) is 0 Å². The third-order valence-electron chi connectivity index (χ3n) is 13.3. The first-order valence-electron chi connectivity index (χ1n) is 21.8. The van der Waals surface area contributed by atoms with Gasteiger partial charge in [0.05, 0.1) is 0 Å². The normalized spacial score (nSPS) is 12.3. The van der Waals surface area contributed by atoms with Gasteiger partial charge in [0.1, 0.15) is 33.7 Å². The standard InChI is InChI=1S/C58H34N2O3SSi/c1-3-13-37(14-4-1)65(38-15-5-2-6-16-38,51-23-11-19-41-45-33-35(25-27-49(45)61-55(41)51)53-56-42(29-31-59-53)39-17-7-9-21-47(39)62-56)52-24-12-20-44-46-34-36(26-28-50(46)64-58(44)52)54-57-43(30-32-60-54)40-18-8-10-22-48(40)63-57/h1-34H. The highest BCUT2D eigenvalue weighted by Gasteiger charge is 2.45. The Labute approximate surface area is 376 Å². The number of thiophene rings is 1. The van der Waals surface area contributed by atoms with E-state index in [0.29, 0.717) is 0 Å². The van der Waals surface area contributed by atoms with Crippen molar-refractivity contribution >= 4 is 126 Å². The van der Waals surface area contributed by atoms with Gasteiger partial charge in [-0.15, -0.1) is 11.3 Å². The maximum absolute atomic E-state index is 7.15. The summed E-state index contributed by atoms with van der Waals surface area (Å²) in [7, 11) is -3.16. The molecule has 14 rings (SSSR count). The van der Waals surface area contributed by atoms with Crippen LogP contribution in [0.1, 0.15) is 0 Å². The lowest BCUT2D eigenvalue weighted by atomic mass is 10.0. The second kappa shape index (κ2) is 13.9. The molecule has 0 saturated heterocycles. The fraction of sp³-hybridized carbons (Fsp3) is 0. The third-order valence-corrected chi connectivity index (χ3v) is 19.6. The van der Waals surface area contributed by atoms with Crippen molar-refractivity contribution in [2.45, 2.75) is 0 Å². The van der Waals surface area contributed by atoms with Gasteiger partial charge in [-0.2, -0.15) is 0 Å². The molecule has 7 heteroatoms. The summed E-state index contributed by atoms with van der Waals surface area (Å²) < 4.78 is 22.6. The van der Waals surface area contributed by atoms with E-state index in [2.05, 4.69) is 152 Å². The van der Waals surface area contributed by atoms with Gasteiger partial charge in [0.25, 0.3) is 0 Å². The minimum Gasteiger partial charge on any atom is -0.456 e. The van der Waals surface area contributed by atoms with E-state index in [1.807, 2.05) is 66.2 Å². The average molecular weight is 867 g/mol. The lowest BCUT2D eigenvalue weighted by Crippen LogP contribution is -2.74. The molecule has 0 amide bonds. The van der Waals surface area contributed by atoms with E-state index in [1.54, 1.807) is 0 Å². The zero-order valence-electron chi connectivity index (χ0n) is 34.7. The molecule has 6 aromatic heterocycles. The molecule has 0 N–H and O–H groups in total. The molecule has 0 saturated carbocycles. The lowest BCUT2D eigenvalue weighted by molar-refractivity contribution is 0.667. The first kappa shape index (κ1) is 36.4. The van der Waals surface area contributed by atoms with Crippen LogP contribution in [0.15, 0.2) is 220 Å². The maximum atomic E-state index is 7.15. The van der Waals surface area contributed by atoms with Crippen LogP contribution < -0.4 is 20.7 Å². The van der Waals surface area contributed by atoms with Crippen molar-refractivity contribution in [2.75, 3.05) is 0 Å². The van der Waals surface area contributed by atoms with Crippen LogP contribution >= 0.6 is 11.3 Å². The first-order chi connectivity index (χ1) is 32.2. The topological polar surface area (TPSA) is 65.2 Å². The molecule has 6 heterocycles. The zero-order chi connectivity index (χ0) is 42.6. The van der Waals surface area contributed by atoms with Gasteiger partial charge in [-0.05, 0) is 75.3 Å². The van der Waals surface area contributed by atoms with Crippen molar-refractivity contribution in [2.24, 2.45) is 0 Å². The monoisotopic (exact) mass is 866 g/mol. The summed E-state index contributed by atoms with van der Waals surface area (Å²) in [5.74, 6) is 0. The van der Waals surface area contributed by atoms with E-state index in [9.17, 15) is 0 Å². The Balaban J connectivity index is 1.02. The van der Waals surface area contributed by atoms with Gasteiger partial charge >= 0.3 is 0 Å². The molecule has 0 radical (unpaired) electrons. The second-order valence-electron chi connectivity index (χ2n) is 16.7. The molecule has 304 valence electrons. The van der Waals surface area contributed by atoms with Crippen molar-refractivity contribution < 1.29 is 13.3 Å². The Morgan fingerprint density at radius 3 is 1.49 bits per heavy atom. The number of pyridine rings is 2. The largest absolute Gasteiger partial charge is 0.456 e. The average Bonchev–Trinajstić information content (AvgIpc) is 4.15. The molecule has 0 aliphatic rings. The summed E-state index contributed by atoms with van der Waals surface area (Å²) in [5.41, 5.74) is 8.71. The molecule has 0 fully saturated rings. The molecule has 0 unspecified atom stereocenters. The Kier molecular flexibility index (Phi) is 7.81. The molecule has 0 spiro atoms. The first-order valence-corrected chi connectivity index (χ1v) is 24.6. The van der Waals surface area contributed by atoms with Gasteiger partial charge in [-0.1, -0.05) is 140 Å². The van der Waals surface area contributed by atoms with Crippen LogP contribution in [0.3, 0.4) is 0 Å². The summed E-state index contributed by atoms with van der Waals surface area (Å²) in [6, 6.07) is 69.5.